The molecule has 0 aromatic heterocycles. The maximum absolute atomic E-state index is 10.00. The lowest BCUT2D eigenvalue weighted by Gasteiger charge is -2.14. The van der Waals surface area contributed by atoms with Crippen molar-refractivity contribution in [2.75, 3.05) is 0 Å². The maximum Gasteiger partial charge on any atom is 0.118 e. The van der Waals surface area contributed by atoms with E-state index in [1.807, 2.05) is 30.4 Å². The lowest BCUT2D eigenvalue weighted by atomic mass is 9.95. The highest BCUT2D eigenvalue weighted by Gasteiger charge is 2.13. The van der Waals surface area contributed by atoms with Crippen LogP contribution in [0.1, 0.15) is 24.8 Å². The van der Waals surface area contributed by atoms with Crippen LogP contribution in [0.15, 0.2) is 55.6 Å². The zero-order chi connectivity index (χ0) is 13.9. The molecule has 1 aromatic carbocycles. The van der Waals surface area contributed by atoms with E-state index in [0.29, 0.717) is 0 Å². The Hall–Kier alpha value is -1.78. The van der Waals surface area contributed by atoms with Gasteiger partial charge in [0.25, 0.3) is 0 Å². The molecule has 1 nitrogen and oxygen atoms in total. The molecule has 0 bridgehead atoms. The molecule has 1 aromatic rings. The third kappa shape index (κ3) is 6.08. The summed E-state index contributed by atoms with van der Waals surface area (Å²) in [4.78, 5) is 0. The highest BCUT2D eigenvalue weighted by atomic mass is 16.3. The Morgan fingerprint density at radius 2 is 1.74 bits per heavy atom. The van der Waals surface area contributed by atoms with Crippen LogP contribution in [0.25, 0.3) is 0 Å². The van der Waals surface area contributed by atoms with Gasteiger partial charge in [0.15, 0.2) is 0 Å². The quantitative estimate of drug-likeness (QED) is 0.580. The molecule has 0 spiro atoms. The van der Waals surface area contributed by atoms with E-state index < -0.39 is 6.10 Å². The van der Waals surface area contributed by atoms with Gasteiger partial charge in [0, 0.05) is 12.3 Å². The highest BCUT2D eigenvalue weighted by molar-refractivity contribution is 5.17. The molecule has 1 atom stereocenters. The Morgan fingerprint density at radius 3 is 2.32 bits per heavy atom. The fourth-order valence-electron chi connectivity index (χ4n) is 1.93. The van der Waals surface area contributed by atoms with Gasteiger partial charge in [0.05, 0.1) is 0 Å². The summed E-state index contributed by atoms with van der Waals surface area (Å²) in [5.74, 6) is 6.11. The topological polar surface area (TPSA) is 20.2 Å². The molecule has 0 aliphatic rings. The monoisotopic (exact) mass is 254 g/mol. The molecule has 100 valence electrons. The third-order valence-electron chi connectivity index (χ3n) is 3.02. The van der Waals surface area contributed by atoms with Crippen molar-refractivity contribution >= 4 is 0 Å². The minimum atomic E-state index is -0.591. The predicted molar refractivity (Wildman–Crippen MR) is 81.7 cm³/mol. The van der Waals surface area contributed by atoms with E-state index in [4.69, 9.17) is 0 Å². The average molecular weight is 254 g/mol. The van der Waals surface area contributed by atoms with Crippen LogP contribution in [-0.2, 0) is 6.42 Å². The number of hydrogen-bond donors (Lipinski definition) is 1. The molecule has 1 N–H and O–H groups in total. The first kappa shape index (κ1) is 15.3. The summed E-state index contributed by atoms with van der Waals surface area (Å²) >= 11 is 0. The molecular formula is C18H22O. The van der Waals surface area contributed by atoms with Crippen molar-refractivity contribution in [2.45, 2.75) is 31.8 Å². The van der Waals surface area contributed by atoms with Crippen molar-refractivity contribution in [3.05, 3.63) is 61.2 Å². The summed E-state index contributed by atoms with van der Waals surface area (Å²) in [6, 6.07) is 10.3. The molecule has 0 aliphatic heterocycles. The first-order valence-electron chi connectivity index (χ1n) is 6.70. The zero-order valence-corrected chi connectivity index (χ0v) is 11.4. The van der Waals surface area contributed by atoms with E-state index in [0.717, 1.165) is 25.7 Å². The molecule has 19 heavy (non-hydrogen) atoms. The van der Waals surface area contributed by atoms with Gasteiger partial charge < -0.3 is 5.11 Å². The van der Waals surface area contributed by atoms with E-state index in [9.17, 15) is 5.11 Å². The largest absolute Gasteiger partial charge is 0.380 e. The van der Waals surface area contributed by atoms with Crippen LogP contribution >= 0.6 is 0 Å². The van der Waals surface area contributed by atoms with Gasteiger partial charge >= 0.3 is 0 Å². The fourth-order valence-corrected chi connectivity index (χ4v) is 1.93. The molecule has 1 heteroatoms. The SMILES string of the molecule is C=CCC(CC=C)[C@@H](O)C#CCCc1ccccc1. The van der Waals surface area contributed by atoms with E-state index in [1.54, 1.807) is 0 Å². The molecule has 0 heterocycles. The van der Waals surface area contributed by atoms with Crippen molar-refractivity contribution in [1.29, 1.82) is 0 Å². The predicted octanol–water partition coefficient (Wildman–Crippen LogP) is 3.75. The molecule has 0 saturated carbocycles. The van der Waals surface area contributed by atoms with E-state index >= 15 is 0 Å². The van der Waals surface area contributed by atoms with E-state index in [1.165, 1.54) is 5.56 Å². The number of aryl methyl sites for hydroxylation is 1. The lowest BCUT2D eigenvalue weighted by Crippen LogP contribution is -2.17. The molecule has 0 saturated heterocycles. The third-order valence-corrected chi connectivity index (χ3v) is 3.02. The number of hydrogen-bond acceptors (Lipinski definition) is 1. The summed E-state index contributed by atoms with van der Waals surface area (Å²) < 4.78 is 0. The van der Waals surface area contributed by atoms with Gasteiger partial charge in [-0.05, 0) is 24.8 Å². The second-order valence-electron chi connectivity index (χ2n) is 4.56. The van der Waals surface area contributed by atoms with Crippen molar-refractivity contribution in [1.82, 2.24) is 0 Å². The minimum absolute atomic E-state index is 0.110. The molecule has 0 aliphatic carbocycles. The van der Waals surface area contributed by atoms with Gasteiger partial charge in [0.2, 0.25) is 0 Å². The number of aliphatic hydroxyl groups is 1. The van der Waals surface area contributed by atoms with Crippen LogP contribution in [0.3, 0.4) is 0 Å². The summed E-state index contributed by atoms with van der Waals surface area (Å²) in [6.45, 7) is 7.42. The Morgan fingerprint density at radius 1 is 1.11 bits per heavy atom. The van der Waals surface area contributed by atoms with Gasteiger partial charge in [0.1, 0.15) is 6.10 Å². The normalized spacial score (nSPS) is 11.5. The summed E-state index contributed by atoms with van der Waals surface area (Å²) in [6.07, 6.45) is 6.28. The Balaban J connectivity index is 2.43. The van der Waals surface area contributed by atoms with E-state index in [2.05, 4.69) is 37.1 Å². The van der Waals surface area contributed by atoms with Crippen LogP contribution in [-0.4, -0.2) is 11.2 Å². The van der Waals surface area contributed by atoms with E-state index in [-0.39, 0.29) is 5.92 Å². The molecule has 0 unspecified atom stereocenters. The first-order chi connectivity index (χ1) is 9.27. The van der Waals surface area contributed by atoms with Crippen molar-refractivity contribution < 1.29 is 5.11 Å². The smallest absolute Gasteiger partial charge is 0.118 e. The average Bonchev–Trinajstić information content (AvgIpc) is 2.44. The molecule has 0 amide bonds. The van der Waals surface area contributed by atoms with Crippen LogP contribution < -0.4 is 0 Å². The van der Waals surface area contributed by atoms with Crippen LogP contribution in [0.4, 0.5) is 0 Å². The Labute approximate surface area is 116 Å². The minimum Gasteiger partial charge on any atom is -0.380 e. The lowest BCUT2D eigenvalue weighted by molar-refractivity contribution is 0.164. The van der Waals surface area contributed by atoms with Gasteiger partial charge in [-0.15, -0.1) is 19.1 Å². The second kappa shape index (κ2) is 9.19. The standard InChI is InChI=1S/C18H22O/c1-3-10-17(11-4-2)18(19)15-9-8-14-16-12-6-5-7-13-16/h3-7,12-13,17-19H,1-2,8,10-11,14H2/t18-/m0/s1. The molecular weight excluding hydrogens is 232 g/mol. The summed E-state index contributed by atoms with van der Waals surface area (Å²) in [7, 11) is 0. The molecule has 1 rings (SSSR count). The van der Waals surface area contributed by atoms with Gasteiger partial charge in [-0.2, -0.15) is 0 Å². The van der Waals surface area contributed by atoms with Crippen LogP contribution in [0.2, 0.25) is 0 Å². The summed E-state index contributed by atoms with van der Waals surface area (Å²) in [5.41, 5.74) is 1.28. The summed E-state index contributed by atoms with van der Waals surface area (Å²) in [5, 5.41) is 10.00. The number of benzene rings is 1. The maximum atomic E-state index is 10.00. The number of rotatable bonds is 7. The number of allylic oxidation sites excluding steroid dienone is 2. The van der Waals surface area contributed by atoms with Crippen LogP contribution in [0.5, 0.6) is 0 Å². The Bertz CT molecular complexity index is 426. The van der Waals surface area contributed by atoms with Gasteiger partial charge in [-0.3, -0.25) is 0 Å². The fraction of sp³-hybridized carbons (Fsp3) is 0.333. The number of aliphatic hydroxyl groups excluding tert-OH is 1. The van der Waals surface area contributed by atoms with Gasteiger partial charge in [-0.1, -0.05) is 48.4 Å². The Kier molecular flexibility index (Phi) is 7.39. The van der Waals surface area contributed by atoms with Gasteiger partial charge in [-0.25, -0.2) is 0 Å². The molecule has 0 fully saturated rings. The first-order valence-corrected chi connectivity index (χ1v) is 6.70. The van der Waals surface area contributed by atoms with Crippen LogP contribution in [0, 0.1) is 17.8 Å². The molecule has 0 radical (unpaired) electrons. The van der Waals surface area contributed by atoms with Crippen molar-refractivity contribution in [3.63, 3.8) is 0 Å². The highest BCUT2D eigenvalue weighted by Crippen LogP contribution is 2.14. The van der Waals surface area contributed by atoms with Crippen molar-refractivity contribution in [3.8, 4) is 11.8 Å². The van der Waals surface area contributed by atoms with Crippen molar-refractivity contribution in [2.24, 2.45) is 5.92 Å². The second-order valence-corrected chi connectivity index (χ2v) is 4.56. The zero-order valence-electron chi connectivity index (χ0n) is 11.4.